The van der Waals surface area contributed by atoms with Gasteiger partial charge in [-0.3, -0.25) is 4.98 Å². The zero-order valence-corrected chi connectivity index (χ0v) is 39.8. The van der Waals surface area contributed by atoms with Crippen LogP contribution in [-0.4, -0.2) is 4.98 Å². The first kappa shape index (κ1) is 54.2. The van der Waals surface area contributed by atoms with Gasteiger partial charge in [-0.1, -0.05) is 290 Å². The smallest absolute Gasteiger partial charge is 0.0409 e. The van der Waals surface area contributed by atoms with Crippen LogP contribution in [0.1, 0.15) is 320 Å². The minimum Gasteiger partial charge on any atom is -0.258 e. The fraction of sp³-hybridized carbons (Fsp3) is 0.893. The van der Waals surface area contributed by atoms with E-state index >= 15 is 0 Å². The van der Waals surface area contributed by atoms with Crippen molar-refractivity contribution in [3.05, 3.63) is 36.0 Å². The quantitative estimate of drug-likeness (QED) is 0.0599. The first-order valence-corrected chi connectivity index (χ1v) is 27.1. The van der Waals surface area contributed by atoms with Crippen LogP contribution in [0.3, 0.4) is 0 Å². The highest BCUT2D eigenvalue weighted by atomic mass is 14.7. The summed E-state index contributed by atoms with van der Waals surface area (Å²) in [5.41, 5.74) is 4.17. The summed E-state index contributed by atoms with van der Waals surface area (Å²) in [6.45, 7) is 8.76. The predicted octanol–water partition coefficient (Wildman–Crippen LogP) is 20.1. The number of aromatic nitrogens is 1. The summed E-state index contributed by atoms with van der Waals surface area (Å²) in [6, 6.07) is 4.79. The van der Waals surface area contributed by atoms with Gasteiger partial charge in [0.2, 0.25) is 0 Å². The molecule has 0 fully saturated rings. The molecule has 1 radical (unpaired) electrons. The third-order valence-electron chi connectivity index (χ3n) is 13.0. The molecule has 0 spiro atoms. The molecule has 0 saturated heterocycles. The summed E-state index contributed by atoms with van der Waals surface area (Å²) >= 11 is 0. The molecule has 0 amide bonds. The number of aryl methyl sites for hydroxylation is 3. The molecule has 1 heteroatoms. The van der Waals surface area contributed by atoms with Gasteiger partial charge in [-0.15, -0.1) is 0 Å². The molecule has 1 heterocycles. The molecule has 0 saturated carbocycles. The van der Waals surface area contributed by atoms with Gasteiger partial charge in [-0.05, 0) is 56.2 Å². The summed E-state index contributed by atoms with van der Waals surface area (Å²) in [5.74, 6) is 0. The third-order valence-corrected chi connectivity index (χ3v) is 13.0. The van der Waals surface area contributed by atoms with E-state index in [1.165, 1.54) is 299 Å². The second-order valence-electron chi connectivity index (χ2n) is 18.9. The third kappa shape index (κ3) is 40.3. The SMILES string of the molecule is [CH2]CCc1cc(CCCCCCCCCCCCCCCCCCCCCCCC)nc(CCCCCCCCCCCCCCCCCCCCCCCC)c1. The maximum atomic E-state index is 5.14. The normalized spacial score (nSPS) is 11.6. The van der Waals surface area contributed by atoms with E-state index in [4.69, 9.17) is 4.98 Å². The van der Waals surface area contributed by atoms with Crippen LogP contribution in [-0.2, 0) is 19.3 Å². The highest BCUT2D eigenvalue weighted by Crippen LogP contribution is 2.19. The first-order chi connectivity index (χ1) is 28.3. The fourth-order valence-electron chi connectivity index (χ4n) is 9.15. The number of hydrogen-bond acceptors (Lipinski definition) is 1. The van der Waals surface area contributed by atoms with Crippen LogP contribution < -0.4 is 0 Å². The van der Waals surface area contributed by atoms with Crippen LogP contribution in [0.2, 0.25) is 0 Å². The van der Waals surface area contributed by atoms with E-state index in [0.717, 1.165) is 25.7 Å². The van der Waals surface area contributed by atoms with Gasteiger partial charge in [0.05, 0.1) is 0 Å². The predicted molar refractivity (Wildman–Crippen MR) is 260 cm³/mol. The second kappa shape index (κ2) is 46.2. The van der Waals surface area contributed by atoms with Crippen LogP contribution >= 0.6 is 0 Å². The molecule has 0 bridgehead atoms. The zero-order chi connectivity index (χ0) is 40.8. The van der Waals surface area contributed by atoms with Crippen LogP contribution in [0.15, 0.2) is 12.1 Å². The molecule has 1 aromatic rings. The summed E-state index contributed by atoms with van der Waals surface area (Å²) in [5, 5.41) is 0. The van der Waals surface area contributed by atoms with Gasteiger partial charge in [0.1, 0.15) is 0 Å². The van der Waals surface area contributed by atoms with Crippen molar-refractivity contribution >= 4 is 0 Å². The number of hydrogen-bond donors (Lipinski definition) is 0. The molecule has 0 aliphatic heterocycles. The van der Waals surface area contributed by atoms with Crippen molar-refractivity contribution < 1.29 is 0 Å². The molecule has 0 aliphatic carbocycles. The monoisotopic (exact) mass is 793 g/mol. The second-order valence-corrected chi connectivity index (χ2v) is 18.9. The number of nitrogens with zero attached hydrogens (tertiary/aromatic N) is 1. The maximum Gasteiger partial charge on any atom is 0.0409 e. The van der Waals surface area contributed by atoms with Gasteiger partial charge < -0.3 is 0 Å². The Hall–Kier alpha value is -0.850. The fourth-order valence-corrected chi connectivity index (χ4v) is 9.15. The Labute approximate surface area is 361 Å². The highest BCUT2D eigenvalue weighted by Gasteiger charge is 2.05. The molecule has 1 aromatic heterocycles. The lowest BCUT2D eigenvalue weighted by atomic mass is 10.0. The van der Waals surface area contributed by atoms with Crippen molar-refractivity contribution in [1.29, 1.82) is 0 Å². The van der Waals surface area contributed by atoms with E-state index in [0.29, 0.717) is 0 Å². The summed E-state index contributed by atoms with van der Waals surface area (Å²) in [4.78, 5) is 5.14. The maximum absolute atomic E-state index is 5.14. The Morgan fingerprint density at radius 2 is 0.474 bits per heavy atom. The average molecular weight is 793 g/mol. The Kier molecular flexibility index (Phi) is 43.9. The Balaban J connectivity index is 1.92. The van der Waals surface area contributed by atoms with E-state index in [-0.39, 0.29) is 0 Å². The van der Waals surface area contributed by atoms with Crippen LogP contribution in [0.5, 0.6) is 0 Å². The van der Waals surface area contributed by atoms with Crippen molar-refractivity contribution in [2.45, 2.75) is 322 Å². The van der Waals surface area contributed by atoms with Crippen molar-refractivity contribution in [2.24, 2.45) is 0 Å². The minimum atomic E-state index is 0.988. The molecule has 0 atom stereocenters. The summed E-state index contributed by atoms with van der Waals surface area (Å²) < 4.78 is 0. The van der Waals surface area contributed by atoms with E-state index < -0.39 is 0 Å². The largest absolute Gasteiger partial charge is 0.258 e. The lowest BCUT2D eigenvalue weighted by molar-refractivity contribution is 0.518. The number of rotatable bonds is 48. The summed E-state index contributed by atoms with van der Waals surface area (Å²) in [7, 11) is 0. The zero-order valence-electron chi connectivity index (χ0n) is 39.8. The standard InChI is InChI=1S/C56H106N/c1-4-7-9-11-13-15-17-19-21-23-25-27-29-31-33-35-37-39-41-43-45-47-50-55-52-54(49-6-3)53-56(57-55)51-48-46-44-42-40-38-36-34-32-30-28-26-24-22-20-18-16-14-12-10-8-5-2/h52-53H,3-51H2,1-2H3. The number of pyridine rings is 1. The molecule has 0 aromatic carbocycles. The highest BCUT2D eigenvalue weighted by molar-refractivity contribution is 5.22. The Morgan fingerprint density at radius 1 is 0.281 bits per heavy atom. The van der Waals surface area contributed by atoms with Crippen LogP contribution in [0.4, 0.5) is 0 Å². The van der Waals surface area contributed by atoms with Gasteiger partial charge in [0.15, 0.2) is 0 Å². The average Bonchev–Trinajstić information content (AvgIpc) is 3.21. The first-order valence-electron chi connectivity index (χ1n) is 27.1. The van der Waals surface area contributed by atoms with E-state index in [2.05, 4.69) is 32.9 Å². The van der Waals surface area contributed by atoms with Crippen molar-refractivity contribution in [3.8, 4) is 0 Å². The summed E-state index contributed by atoms with van der Waals surface area (Å²) in [6.07, 6.45) is 68.1. The molecular weight excluding hydrogens is 687 g/mol. The van der Waals surface area contributed by atoms with Gasteiger partial charge >= 0.3 is 0 Å². The van der Waals surface area contributed by atoms with Crippen LogP contribution in [0.25, 0.3) is 0 Å². The van der Waals surface area contributed by atoms with Gasteiger partial charge in [-0.2, -0.15) is 0 Å². The van der Waals surface area contributed by atoms with E-state index in [9.17, 15) is 0 Å². The van der Waals surface area contributed by atoms with E-state index in [1.54, 1.807) is 0 Å². The molecule has 335 valence electrons. The Morgan fingerprint density at radius 3 is 0.667 bits per heavy atom. The van der Waals surface area contributed by atoms with Crippen molar-refractivity contribution in [3.63, 3.8) is 0 Å². The number of unbranched alkanes of at least 4 members (excludes halogenated alkanes) is 42. The topological polar surface area (TPSA) is 12.9 Å². The molecule has 1 nitrogen and oxygen atoms in total. The molecule has 0 aliphatic rings. The van der Waals surface area contributed by atoms with E-state index in [1.807, 2.05) is 0 Å². The Bertz CT molecular complexity index is 823. The molecule has 0 unspecified atom stereocenters. The lowest BCUT2D eigenvalue weighted by Gasteiger charge is -2.09. The lowest BCUT2D eigenvalue weighted by Crippen LogP contribution is -2.00. The van der Waals surface area contributed by atoms with Gasteiger partial charge in [0, 0.05) is 11.4 Å². The van der Waals surface area contributed by atoms with Crippen LogP contribution in [0, 0.1) is 6.92 Å². The molecule has 1 rings (SSSR count). The van der Waals surface area contributed by atoms with Gasteiger partial charge in [0.25, 0.3) is 0 Å². The molecule has 57 heavy (non-hydrogen) atoms. The minimum absolute atomic E-state index is 0.988. The van der Waals surface area contributed by atoms with Gasteiger partial charge in [-0.25, -0.2) is 0 Å². The van der Waals surface area contributed by atoms with Crippen molar-refractivity contribution in [2.75, 3.05) is 0 Å². The molecular formula is C56H106N. The molecule has 0 N–H and O–H groups in total. The van der Waals surface area contributed by atoms with Crippen molar-refractivity contribution in [1.82, 2.24) is 4.98 Å².